The minimum Gasteiger partial charge on any atom is -0.454 e. The Morgan fingerprint density at radius 2 is 1.84 bits per heavy atom. The number of rotatable bonds is 6. The Morgan fingerprint density at radius 3 is 2.52 bits per heavy atom. The lowest BCUT2D eigenvalue weighted by Gasteiger charge is -2.24. The van der Waals surface area contributed by atoms with E-state index in [1.807, 2.05) is 18.2 Å². The molecule has 0 aliphatic heterocycles. The van der Waals surface area contributed by atoms with Gasteiger partial charge in [0, 0.05) is 6.92 Å². The highest BCUT2D eigenvalue weighted by atomic mass is 16.4. The van der Waals surface area contributed by atoms with Gasteiger partial charge in [0.2, 0.25) is 5.91 Å². The van der Waals surface area contributed by atoms with Crippen molar-refractivity contribution in [1.82, 2.24) is 10.6 Å². The molecule has 0 saturated heterocycles. The lowest BCUT2D eigenvalue weighted by Crippen LogP contribution is -2.32. The highest BCUT2D eigenvalue weighted by Crippen LogP contribution is 2.35. The van der Waals surface area contributed by atoms with Crippen LogP contribution in [-0.2, 0) is 11.3 Å². The van der Waals surface area contributed by atoms with E-state index in [0.29, 0.717) is 11.7 Å². The summed E-state index contributed by atoms with van der Waals surface area (Å²) in [6, 6.07) is 13.5. The predicted octanol–water partition coefficient (Wildman–Crippen LogP) is 3.58. The minimum atomic E-state index is -0.213. The second kappa shape index (κ2) is 8.01. The molecule has 1 aromatic carbocycles. The van der Waals surface area contributed by atoms with Crippen molar-refractivity contribution in [1.29, 1.82) is 0 Å². The molecule has 1 saturated carbocycles. The maximum absolute atomic E-state index is 12.6. The number of carbonyl (C=O) groups is 2. The first kappa shape index (κ1) is 17.3. The van der Waals surface area contributed by atoms with Gasteiger partial charge in [0.1, 0.15) is 5.76 Å². The van der Waals surface area contributed by atoms with Crippen LogP contribution in [0.3, 0.4) is 0 Å². The zero-order valence-corrected chi connectivity index (χ0v) is 14.5. The molecule has 0 unspecified atom stereocenters. The van der Waals surface area contributed by atoms with E-state index < -0.39 is 0 Å². The molecule has 132 valence electrons. The van der Waals surface area contributed by atoms with Crippen molar-refractivity contribution < 1.29 is 14.0 Å². The Balaban J connectivity index is 1.71. The van der Waals surface area contributed by atoms with Crippen molar-refractivity contribution in [2.24, 2.45) is 5.92 Å². The van der Waals surface area contributed by atoms with Gasteiger partial charge in [-0.15, -0.1) is 0 Å². The Bertz CT molecular complexity index is 718. The predicted molar refractivity (Wildman–Crippen MR) is 94.8 cm³/mol. The van der Waals surface area contributed by atoms with E-state index in [1.54, 1.807) is 12.1 Å². The molecule has 25 heavy (non-hydrogen) atoms. The summed E-state index contributed by atoms with van der Waals surface area (Å²) in [6.07, 6.45) is 4.69. The van der Waals surface area contributed by atoms with Crippen LogP contribution >= 0.6 is 0 Å². The van der Waals surface area contributed by atoms with E-state index >= 15 is 0 Å². The van der Waals surface area contributed by atoms with Crippen molar-refractivity contribution >= 4 is 11.8 Å². The maximum atomic E-state index is 12.6. The van der Waals surface area contributed by atoms with Gasteiger partial charge >= 0.3 is 0 Å². The highest BCUT2D eigenvalue weighted by molar-refractivity contribution is 5.91. The molecule has 5 heteroatoms. The van der Waals surface area contributed by atoms with Gasteiger partial charge in [0.05, 0.1) is 12.6 Å². The van der Waals surface area contributed by atoms with Crippen LogP contribution in [-0.4, -0.2) is 11.8 Å². The third kappa shape index (κ3) is 4.50. The normalized spacial score (nSPS) is 15.7. The average molecular weight is 340 g/mol. The largest absolute Gasteiger partial charge is 0.454 e. The lowest BCUT2D eigenvalue weighted by atomic mass is 9.91. The Labute approximate surface area is 147 Å². The fourth-order valence-electron chi connectivity index (χ4n) is 3.44. The average Bonchev–Trinajstić information content (AvgIpc) is 3.30. The van der Waals surface area contributed by atoms with Crippen molar-refractivity contribution in [3.05, 3.63) is 59.5 Å². The van der Waals surface area contributed by atoms with Gasteiger partial charge in [0.15, 0.2) is 5.76 Å². The van der Waals surface area contributed by atoms with Crippen molar-refractivity contribution in [3.63, 3.8) is 0 Å². The van der Waals surface area contributed by atoms with Gasteiger partial charge < -0.3 is 15.1 Å². The molecule has 2 amide bonds. The fraction of sp³-hybridized carbons (Fsp3) is 0.400. The van der Waals surface area contributed by atoms with Crippen LogP contribution in [0.2, 0.25) is 0 Å². The second-order valence-corrected chi connectivity index (χ2v) is 6.58. The van der Waals surface area contributed by atoms with E-state index in [9.17, 15) is 9.59 Å². The van der Waals surface area contributed by atoms with Gasteiger partial charge in [0.25, 0.3) is 5.91 Å². The van der Waals surface area contributed by atoms with Crippen LogP contribution in [0.1, 0.15) is 60.5 Å². The number of carbonyl (C=O) groups excluding carboxylic acids is 2. The third-order valence-corrected chi connectivity index (χ3v) is 4.71. The van der Waals surface area contributed by atoms with Gasteiger partial charge in [-0.1, -0.05) is 43.2 Å². The smallest absolute Gasteiger partial charge is 0.287 e. The van der Waals surface area contributed by atoms with E-state index in [1.165, 1.54) is 19.8 Å². The molecule has 0 spiro atoms. The SMILES string of the molecule is CC(=O)NCc1ccc(C(=O)N[C@H](c2ccccc2)C2CCCC2)o1. The molecule has 5 nitrogen and oxygen atoms in total. The molecule has 2 aromatic rings. The summed E-state index contributed by atoms with van der Waals surface area (Å²) in [6.45, 7) is 1.73. The second-order valence-electron chi connectivity index (χ2n) is 6.58. The van der Waals surface area contributed by atoms with E-state index in [2.05, 4.69) is 22.8 Å². The monoisotopic (exact) mass is 340 g/mol. The summed E-state index contributed by atoms with van der Waals surface area (Å²) in [4.78, 5) is 23.6. The molecule has 1 fully saturated rings. The number of furan rings is 1. The Kier molecular flexibility index (Phi) is 5.53. The number of amides is 2. The molecule has 1 aliphatic carbocycles. The van der Waals surface area contributed by atoms with Crippen LogP contribution in [0.25, 0.3) is 0 Å². The molecule has 1 atom stereocenters. The number of benzene rings is 1. The Hall–Kier alpha value is -2.56. The molecule has 3 rings (SSSR count). The highest BCUT2D eigenvalue weighted by Gasteiger charge is 2.28. The van der Waals surface area contributed by atoms with Gasteiger partial charge in [-0.25, -0.2) is 0 Å². The van der Waals surface area contributed by atoms with E-state index in [0.717, 1.165) is 18.4 Å². The first-order valence-corrected chi connectivity index (χ1v) is 8.82. The maximum Gasteiger partial charge on any atom is 0.287 e. The quantitative estimate of drug-likeness (QED) is 0.844. The molecule has 1 aromatic heterocycles. The van der Waals surface area contributed by atoms with Crippen LogP contribution in [0.4, 0.5) is 0 Å². The fourth-order valence-corrected chi connectivity index (χ4v) is 3.44. The van der Waals surface area contributed by atoms with E-state index in [-0.39, 0.29) is 30.2 Å². The number of hydrogen-bond acceptors (Lipinski definition) is 3. The first-order chi connectivity index (χ1) is 12.1. The molecule has 0 radical (unpaired) electrons. The number of nitrogens with one attached hydrogen (secondary N) is 2. The van der Waals surface area contributed by atoms with Crippen molar-refractivity contribution in [2.75, 3.05) is 0 Å². The molecular formula is C20H24N2O3. The Morgan fingerprint density at radius 1 is 1.12 bits per heavy atom. The zero-order chi connectivity index (χ0) is 17.6. The van der Waals surface area contributed by atoms with Gasteiger partial charge in [-0.2, -0.15) is 0 Å². The molecule has 1 aliphatic rings. The van der Waals surface area contributed by atoms with Gasteiger partial charge in [-0.05, 0) is 36.5 Å². The third-order valence-electron chi connectivity index (χ3n) is 4.71. The summed E-state index contributed by atoms with van der Waals surface area (Å²) in [7, 11) is 0. The van der Waals surface area contributed by atoms with Crippen molar-refractivity contribution in [2.45, 2.75) is 45.2 Å². The topological polar surface area (TPSA) is 71.3 Å². The van der Waals surface area contributed by atoms with Crippen LogP contribution in [0.5, 0.6) is 0 Å². The zero-order valence-electron chi connectivity index (χ0n) is 14.5. The molecule has 2 N–H and O–H groups in total. The summed E-state index contributed by atoms with van der Waals surface area (Å²) in [5, 5.41) is 5.81. The van der Waals surface area contributed by atoms with Gasteiger partial charge in [-0.3, -0.25) is 9.59 Å². The lowest BCUT2D eigenvalue weighted by molar-refractivity contribution is -0.119. The standard InChI is InChI=1S/C20H24N2O3/c1-14(23)21-13-17-11-12-18(25-17)20(24)22-19(16-9-5-6-10-16)15-7-3-2-4-8-15/h2-4,7-8,11-12,16,19H,5-6,9-10,13H2,1H3,(H,21,23)(H,22,24)/t19-/m1/s1. The summed E-state index contributed by atoms with van der Waals surface area (Å²) < 4.78 is 5.57. The first-order valence-electron chi connectivity index (χ1n) is 8.82. The van der Waals surface area contributed by atoms with Crippen molar-refractivity contribution in [3.8, 4) is 0 Å². The molecule has 1 heterocycles. The summed E-state index contributed by atoms with van der Waals surface area (Å²) in [5.41, 5.74) is 1.13. The molecule has 0 bridgehead atoms. The minimum absolute atomic E-state index is 0.0000876. The van der Waals surface area contributed by atoms with E-state index in [4.69, 9.17) is 4.42 Å². The molecular weight excluding hydrogens is 316 g/mol. The van der Waals surface area contributed by atoms with Crippen LogP contribution in [0.15, 0.2) is 46.9 Å². The summed E-state index contributed by atoms with van der Waals surface area (Å²) in [5.74, 6) is 0.958. The van der Waals surface area contributed by atoms with Crippen LogP contribution in [0, 0.1) is 5.92 Å². The van der Waals surface area contributed by atoms with Crippen LogP contribution < -0.4 is 10.6 Å². The summed E-state index contributed by atoms with van der Waals surface area (Å²) >= 11 is 0. The number of hydrogen-bond donors (Lipinski definition) is 2.